The molecule has 2 nitrogen and oxygen atoms in total. The van der Waals surface area contributed by atoms with Gasteiger partial charge in [0.05, 0.1) is 0 Å². The Hall–Kier alpha value is -1.20. The molecule has 0 aliphatic rings. The average Bonchev–Trinajstić information content (AvgIpc) is 2.18. The van der Waals surface area contributed by atoms with Gasteiger partial charge in [-0.1, -0.05) is 5.92 Å². The molecule has 2 N–H and O–H groups in total. The number of aliphatic hydroxyl groups is 2. The summed E-state index contributed by atoms with van der Waals surface area (Å²) in [6, 6.07) is 0. The van der Waals surface area contributed by atoms with Crippen LogP contribution in [0.1, 0.15) is 0 Å². The Morgan fingerprint density at radius 3 is 1.65 bits per heavy atom. The van der Waals surface area contributed by atoms with Gasteiger partial charge in [0.15, 0.2) is 0 Å². The smallest absolute Gasteiger partial charge is 0.200 e. The zero-order chi connectivity index (χ0) is 13.1. The molecule has 0 spiro atoms. The van der Waals surface area contributed by atoms with E-state index in [1.165, 1.54) is 0 Å². The van der Waals surface area contributed by atoms with E-state index in [1.54, 1.807) is 0 Å². The largest absolute Gasteiger partial charge is 0.360 e. The Balaban J connectivity index is 4.29. The maximum Gasteiger partial charge on any atom is 0.200 e. The number of hydrogen-bond acceptors (Lipinski definition) is 2. The van der Waals surface area contributed by atoms with Crippen molar-refractivity contribution >= 4 is 28.7 Å². The lowest BCUT2D eigenvalue weighted by molar-refractivity contribution is -0.0329. The molecule has 3 radical (unpaired) electrons. The van der Waals surface area contributed by atoms with E-state index in [0.29, 0.717) is 0 Å². The van der Waals surface area contributed by atoms with Crippen LogP contribution in [-0.2, 0) is 0 Å². The lowest BCUT2D eigenvalue weighted by Crippen LogP contribution is -2.25. The second-order valence-corrected chi connectivity index (χ2v) is 5.37. The fraction of sp³-hybridized carbons (Fsp3) is 0.167. The van der Waals surface area contributed by atoms with Crippen LogP contribution >= 0.6 is 18.5 Å². The van der Waals surface area contributed by atoms with E-state index in [1.807, 2.05) is 5.92 Å². The first-order chi connectivity index (χ1) is 7.92. The standard InChI is InChI=1S/C12H7O2P2Si/c13-12(14,17)10-8-6-4-2-1-3-5-7-9-11(15)16/h11,13-14H,15-16H2. The van der Waals surface area contributed by atoms with Gasteiger partial charge in [0, 0.05) is 5.40 Å². The van der Waals surface area contributed by atoms with E-state index in [0.717, 1.165) is 0 Å². The third kappa shape index (κ3) is 14.8. The molecule has 17 heavy (non-hydrogen) atoms. The van der Waals surface area contributed by atoms with Crippen molar-refractivity contribution in [3.05, 3.63) is 0 Å². The van der Waals surface area contributed by atoms with Gasteiger partial charge in [0.2, 0.25) is 5.41 Å². The highest BCUT2D eigenvalue weighted by molar-refractivity contribution is 7.38. The van der Waals surface area contributed by atoms with Crippen LogP contribution in [0, 0.1) is 59.2 Å². The van der Waals surface area contributed by atoms with Gasteiger partial charge in [0.1, 0.15) is 10.2 Å². The van der Waals surface area contributed by atoms with Crippen LogP contribution in [0.3, 0.4) is 0 Å². The lowest BCUT2D eigenvalue weighted by atomic mass is 10.5. The molecule has 0 aromatic heterocycles. The maximum absolute atomic E-state index is 8.71. The van der Waals surface area contributed by atoms with Crippen molar-refractivity contribution in [1.29, 1.82) is 0 Å². The molecule has 2 unspecified atom stereocenters. The van der Waals surface area contributed by atoms with Crippen molar-refractivity contribution in [2.45, 2.75) is 10.8 Å². The molecule has 2 atom stereocenters. The van der Waals surface area contributed by atoms with Crippen molar-refractivity contribution in [1.82, 2.24) is 0 Å². The van der Waals surface area contributed by atoms with Crippen LogP contribution in [0.25, 0.3) is 0 Å². The third-order valence-corrected chi connectivity index (χ3v) is 1.37. The van der Waals surface area contributed by atoms with Gasteiger partial charge >= 0.3 is 0 Å². The van der Waals surface area contributed by atoms with Gasteiger partial charge in [-0.25, -0.2) is 0 Å². The summed E-state index contributed by atoms with van der Waals surface area (Å²) < 4.78 is 0. The van der Waals surface area contributed by atoms with Crippen molar-refractivity contribution < 1.29 is 10.2 Å². The van der Waals surface area contributed by atoms with E-state index in [4.69, 9.17) is 10.2 Å². The summed E-state index contributed by atoms with van der Waals surface area (Å²) in [5.74, 6) is 24.2. The van der Waals surface area contributed by atoms with Crippen molar-refractivity contribution in [2.75, 3.05) is 0 Å². The summed E-state index contributed by atoms with van der Waals surface area (Å²) in [5.41, 5.74) is -2.22. The summed E-state index contributed by atoms with van der Waals surface area (Å²) in [6.07, 6.45) is 0. The molecule has 0 aromatic carbocycles. The van der Waals surface area contributed by atoms with Crippen molar-refractivity contribution in [3.63, 3.8) is 0 Å². The van der Waals surface area contributed by atoms with Crippen LogP contribution in [0.4, 0.5) is 0 Å². The Bertz CT molecular complexity index is 561. The van der Waals surface area contributed by atoms with E-state index in [9.17, 15) is 0 Å². The fourth-order valence-corrected chi connectivity index (χ4v) is 0.654. The SMILES string of the molecule is OC(O)([Si])C#CC#CC#CC#CC#CC(P)P. The van der Waals surface area contributed by atoms with Crippen LogP contribution in [-0.4, -0.2) is 31.3 Å². The molecule has 0 rings (SSSR count). The zero-order valence-electron chi connectivity index (χ0n) is 8.63. The topological polar surface area (TPSA) is 40.5 Å². The summed E-state index contributed by atoms with van der Waals surface area (Å²) in [6.45, 7) is 0. The minimum Gasteiger partial charge on any atom is -0.360 e. The molecule has 0 heterocycles. The Labute approximate surface area is 109 Å². The van der Waals surface area contributed by atoms with Crippen molar-refractivity contribution in [3.8, 4) is 59.2 Å². The summed E-state index contributed by atoms with van der Waals surface area (Å²) in [4.78, 5) is 0. The highest BCUT2D eigenvalue weighted by atomic mass is 31.1. The van der Waals surface area contributed by atoms with E-state index in [-0.39, 0.29) is 5.40 Å². The second-order valence-electron chi connectivity index (χ2n) is 2.47. The first-order valence-corrected chi connectivity index (χ1v) is 5.99. The molecule has 0 fully saturated rings. The van der Waals surface area contributed by atoms with Gasteiger partial charge in [0.25, 0.3) is 0 Å². The highest BCUT2D eigenvalue weighted by Gasteiger charge is 2.07. The molecule has 0 saturated carbocycles. The Morgan fingerprint density at radius 2 is 1.24 bits per heavy atom. The van der Waals surface area contributed by atoms with Gasteiger partial charge in [-0.3, -0.25) is 0 Å². The Kier molecular flexibility index (Phi) is 8.26. The maximum atomic E-state index is 8.71. The number of rotatable bonds is 0. The van der Waals surface area contributed by atoms with Gasteiger partial charge in [-0.05, 0) is 53.3 Å². The van der Waals surface area contributed by atoms with Gasteiger partial charge in [-0.2, -0.15) is 0 Å². The van der Waals surface area contributed by atoms with Gasteiger partial charge < -0.3 is 10.2 Å². The molecule has 0 bridgehead atoms. The molecule has 5 heteroatoms. The van der Waals surface area contributed by atoms with Crippen LogP contribution in [0.5, 0.6) is 0 Å². The molecule has 0 aliphatic heterocycles. The number of hydrogen-bond donors (Lipinski definition) is 2. The Morgan fingerprint density at radius 1 is 0.824 bits per heavy atom. The molecule has 0 saturated heterocycles. The third-order valence-electron chi connectivity index (χ3n) is 0.913. The minimum absolute atomic E-state index is 0.119. The summed E-state index contributed by atoms with van der Waals surface area (Å²) in [5, 5.41) is 17.5. The van der Waals surface area contributed by atoms with Crippen molar-refractivity contribution in [2.24, 2.45) is 0 Å². The van der Waals surface area contributed by atoms with Crippen LogP contribution in [0.2, 0.25) is 0 Å². The van der Waals surface area contributed by atoms with Crippen LogP contribution in [0.15, 0.2) is 0 Å². The normalized spacial score (nSPS) is 7.65. The first-order valence-electron chi connectivity index (χ1n) is 4.15. The molecule has 81 valence electrons. The molecule has 0 amide bonds. The molecular weight excluding hydrogens is 266 g/mol. The first kappa shape index (κ1) is 15.8. The fourth-order valence-electron chi connectivity index (χ4n) is 0.425. The summed E-state index contributed by atoms with van der Waals surface area (Å²) in [7, 11) is 7.54. The average molecular weight is 273 g/mol. The monoisotopic (exact) mass is 273 g/mol. The van der Waals surface area contributed by atoms with E-state index in [2.05, 4.69) is 82.0 Å². The quantitative estimate of drug-likeness (QED) is 0.254. The molecule has 0 aromatic rings. The zero-order valence-corrected chi connectivity index (χ0v) is 11.9. The lowest BCUT2D eigenvalue weighted by Gasteiger charge is -2.03. The molecule has 0 aliphatic carbocycles. The van der Waals surface area contributed by atoms with E-state index < -0.39 is 5.41 Å². The molecular formula is C12H7O2P2Si. The van der Waals surface area contributed by atoms with E-state index >= 15 is 0 Å². The predicted octanol–water partition coefficient (Wildman–Crippen LogP) is -1.11. The summed E-state index contributed by atoms with van der Waals surface area (Å²) >= 11 is 0. The highest BCUT2D eigenvalue weighted by Crippen LogP contribution is 2.04. The minimum atomic E-state index is -2.22. The second kappa shape index (κ2) is 8.89. The van der Waals surface area contributed by atoms with Crippen LogP contribution < -0.4 is 0 Å². The van der Waals surface area contributed by atoms with Gasteiger partial charge in [-0.15, -0.1) is 18.5 Å². The predicted molar refractivity (Wildman–Crippen MR) is 75.0 cm³/mol.